The highest BCUT2D eigenvalue weighted by Crippen LogP contribution is 2.45. The first-order valence-corrected chi connectivity index (χ1v) is 9.66. The third kappa shape index (κ3) is 2.85. The summed E-state index contributed by atoms with van der Waals surface area (Å²) in [5.74, 6) is 2.13. The Morgan fingerprint density at radius 1 is 0.774 bits per heavy atom. The smallest absolute Gasteiger partial charge is 0.203 e. The number of aromatic nitrogens is 3. The molecule has 0 fully saturated rings. The molecule has 0 aliphatic carbocycles. The molecule has 3 heterocycles. The zero-order chi connectivity index (χ0) is 21.5. The highest BCUT2D eigenvalue weighted by Gasteiger charge is 2.19. The number of pyridine rings is 3. The summed E-state index contributed by atoms with van der Waals surface area (Å²) in [5.41, 5.74) is 8.96. The highest BCUT2D eigenvalue weighted by atomic mass is 16.5. The zero-order valence-corrected chi connectivity index (χ0v) is 17.3. The van der Waals surface area contributed by atoms with E-state index in [-0.39, 0.29) is 0 Å². The summed E-state index contributed by atoms with van der Waals surface area (Å²) in [4.78, 5) is 13.3. The maximum absolute atomic E-state index is 6.30. The molecule has 0 spiro atoms. The monoisotopic (exact) mass is 412 g/mol. The standard InChI is InChI=1S/C24H20N4O3/c1-29-19-9-14(10-20(30-2)23(19)31-3)16-8-13-4-6-26-11-17(13)22-21(16)15-5-7-27-12-18(15)24(25)28-22/h4-12H,1-3H3,(H2,25,28). The summed E-state index contributed by atoms with van der Waals surface area (Å²) in [6.07, 6.45) is 7.08. The van der Waals surface area contributed by atoms with E-state index in [1.807, 2.05) is 30.5 Å². The van der Waals surface area contributed by atoms with E-state index in [0.717, 1.165) is 43.6 Å². The van der Waals surface area contributed by atoms with Crippen LogP contribution >= 0.6 is 0 Å². The Kier molecular flexibility index (Phi) is 4.43. The second kappa shape index (κ2) is 7.28. The van der Waals surface area contributed by atoms with Crippen LogP contribution in [-0.4, -0.2) is 36.3 Å². The molecule has 3 aromatic heterocycles. The fourth-order valence-corrected chi connectivity index (χ4v) is 4.07. The third-order valence-electron chi connectivity index (χ3n) is 5.49. The molecule has 0 atom stereocenters. The van der Waals surface area contributed by atoms with Crippen LogP contribution in [0, 0.1) is 0 Å². The lowest BCUT2D eigenvalue weighted by Crippen LogP contribution is -1.98. The number of fused-ring (bicyclic) bond motifs is 5. The van der Waals surface area contributed by atoms with Crippen molar-refractivity contribution in [1.82, 2.24) is 15.0 Å². The number of nitrogens with zero attached hydrogens (tertiary/aromatic N) is 3. The normalized spacial score (nSPS) is 11.2. The average Bonchev–Trinajstić information content (AvgIpc) is 2.82. The van der Waals surface area contributed by atoms with Gasteiger partial charge in [-0.25, -0.2) is 4.98 Å². The van der Waals surface area contributed by atoms with Gasteiger partial charge in [0, 0.05) is 40.9 Å². The summed E-state index contributed by atoms with van der Waals surface area (Å²) in [6, 6.07) is 9.92. The van der Waals surface area contributed by atoms with Crippen molar-refractivity contribution >= 4 is 38.3 Å². The van der Waals surface area contributed by atoms with Crippen LogP contribution in [0.5, 0.6) is 17.2 Å². The van der Waals surface area contributed by atoms with Crippen molar-refractivity contribution in [3.63, 3.8) is 0 Å². The van der Waals surface area contributed by atoms with Gasteiger partial charge in [0.2, 0.25) is 5.75 Å². The van der Waals surface area contributed by atoms with E-state index in [1.165, 1.54) is 0 Å². The van der Waals surface area contributed by atoms with E-state index in [4.69, 9.17) is 24.9 Å². The average molecular weight is 412 g/mol. The molecule has 0 bridgehead atoms. The quantitative estimate of drug-likeness (QED) is 0.431. The largest absolute Gasteiger partial charge is 0.493 e. The van der Waals surface area contributed by atoms with Gasteiger partial charge in [0.15, 0.2) is 11.5 Å². The molecule has 7 heteroatoms. The fraction of sp³-hybridized carbons (Fsp3) is 0.125. The first-order valence-electron chi connectivity index (χ1n) is 9.66. The lowest BCUT2D eigenvalue weighted by molar-refractivity contribution is 0.324. The molecule has 7 nitrogen and oxygen atoms in total. The number of methoxy groups -OCH3 is 3. The van der Waals surface area contributed by atoms with Crippen LogP contribution in [0.2, 0.25) is 0 Å². The van der Waals surface area contributed by atoms with Crippen molar-refractivity contribution < 1.29 is 14.2 Å². The summed E-state index contributed by atoms with van der Waals surface area (Å²) < 4.78 is 16.7. The first kappa shape index (κ1) is 18.9. The number of hydrogen-bond acceptors (Lipinski definition) is 7. The van der Waals surface area contributed by atoms with Gasteiger partial charge in [0.25, 0.3) is 0 Å². The van der Waals surface area contributed by atoms with E-state index in [0.29, 0.717) is 23.1 Å². The Labute approximate surface area is 178 Å². The van der Waals surface area contributed by atoms with Crippen molar-refractivity contribution in [3.8, 4) is 28.4 Å². The minimum Gasteiger partial charge on any atom is -0.493 e. The van der Waals surface area contributed by atoms with Crippen LogP contribution < -0.4 is 19.9 Å². The van der Waals surface area contributed by atoms with E-state index in [2.05, 4.69) is 16.0 Å². The molecule has 31 heavy (non-hydrogen) atoms. The van der Waals surface area contributed by atoms with Crippen molar-refractivity contribution in [1.29, 1.82) is 0 Å². The van der Waals surface area contributed by atoms with Crippen molar-refractivity contribution in [2.45, 2.75) is 0 Å². The van der Waals surface area contributed by atoms with E-state index in [1.54, 1.807) is 39.9 Å². The minimum atomic E-state index is 0.433. The second-order valence-electron chi connectivity index (χ2n) is 7.08. The summed E-state index contributed by atoms with van der Waals surface area (Å²) in [7, 11) is 4.80. The van der Waals surface area contributed by atoms with Gasteiger partial charge in [-0.15, -0.1) is 0 Å². The topological polar surface area (TPSA) is 92.4 Å². The minimum absolute atomic E-state index is 0.433. The second-order valence-corrected chi connectivity index (χ2v) is 7.08. The Bertz CT molecular complexity index is 1440. The number of benzene rings is 2. The van der Waals surface area contributed by atoms with Crippen LogP contribution in [-0.2, 0) is 0 Å². The van der Waals surface area contributed by atoms with Crippen LogP contribution in [0.1, 0.15) is 0 Å². The summed E-state index contributed by atoms with van der Waals surface area (Å²) in [5, 5.41) is 4.66. The van der Waals surface area contributed by atoms with Gasteiger partial charge in [0.05, 0.1) is 26.8 Å². The Balaban J connectivity index is 1.99. The molecular weight excluding hydrogens is 392 g/mol. The molecule has 2 N–H and O–H groups in total. The summed E-state index contributed by atoms with van der Waals surface area (Å²) >= 11 is 0. The van der Waals surface area contributed by atoms with Crippen molar-refractivity contribution in [2.75, 3.05) is 27.1 Å². The van der Waals surface area contributed by atoms with Crippen LogP contribution in [0.15, 0.2) is 55.1 Å². The predicted molar refractivity (Wildman–Crippen MR) is 122 cm³/mol. The Morgan fingerprint density at radius 3 is 2.13 bits per heavy atom. The number of rotatable bonds is 4. The first-order chi connectivity index (χ1) is 15.2. The summed E-state index contributed by atoms with van der Waals surface area (Å²) in [6.45, 7) is 0. The Hall–Kier alpha value is -4.13. The highest BCUT2D eigenvalue weighted by molar-refractivity contribution is 6.22. The zero-order valence-electron chi connectivity index (χ0n) is 17.3. The fourth-order valence-electron chi connectivity index (χ4n) is 4.07. The van der Waals surface area contributed by atoms with Crippen molar-refractivity contribution in [3.05, 3.63) is 55.1 Å². The third-order valence-corrected chi connectivity index (χ3v) is 5.49. The van der Waals surface area contributed by atoms with Crippen LogP contribution in [0.25, 0.3) is 43.6 Å². The van der Waals surface area contributed by atoms with Crippen molar-refractivity contribution in [2.24, 2.45) is 0 Å². The van der Waals surface area contributed by atoms with Gasteiger partial charge < -0.3 is 19.9 Å². The number of ether oxygens (including phenoxy) is 3. The molecule has 0 unspecified atom stereocenters. The van der Waals surface area contributed by atoms with Gasteiger partial charge in [-0.3, -0.25) is 9.97 Å². The molecule has 0 amide bonds. The lowest BCUT2D eigenvalue weighted by Gasteiger charge is -2.17. The van der Waals surface area contributed by atoms with Gasteiger partial charge in [-0.1, -0.05) is 0 Å². The Morgan fingerprint density at radius 2 is 1.45 bits per heavy atom. The number of anilines is 1. The number of hydrogen-bond donors (Lipinski definition) is 1. The number of nitrogens with two attached hydrogens (primary N) is 1. The molecule has 0 radical (unpaired) electrons. The molecular formula is C24H20N4O3. The van der Waals surface area contributed by atoms with Crippen LogP contribution in [0.3, 0.4) is 0 Å². The van der Waals surface area contributed by atoms with Gasteiger partial charge >= 0.3 is 0 Å². The van der Waals surface area contributed by atoms with Gasteiger partial charge in [-0.2, -0.15) is 0 Å². The van der Waals surface area contributed by atoms with Gasteiger partial charge in [-0.05, 0) is 52.2 Å². The lowest BCUT2D eigenvalue weighted by atomic mass is 9.93. The molecule has 5 rings (SSSR count). The predicted octanol–water partition coefficient (Wildman–Crippen LogP) is 4.61. The molecule has 5 aromatic rings. The molecule has 0 saturated carbocycles. The van der Waals surface area contributed by atoms with Crippen LogP contribution in [0.4, 0.5) is 5.82 Å². The van der Waals surface area contributed by atoms with Gasteiger partial charge in [0.1, 0.15) is 5.82 Å². The molecule has 154 valence electrons. The molecule has 0 aliphatic rings. The number of nitrogen functional groups attached to an aromatic ring is 1. The molecule has 0 aliphatic heterocycles. The maximum Gasteiger partial charge on any atom is 0.203 e. The van der Waals surface area contributed by atoms with E-state index >= 15 is 0 Å². The molecule has 2 aromatic carbocycles. The maximum atomic E-state index is 6.30. The molecule has 0 saturated heterocycles. The SMILES string of the molecule is COc1cc(-c2cc3ccncc3c3nc(N)c4cnccc4c23)cc(OC)c1OC. The van der Waals surface area contributed by atoms with E-state index in [9.17, 15) is 0 Å². The van der Waals surface area contributed by atoms with E-state index < -0.39 is 0 Å².